The molecular formula is C12H15N3O2. The molecule has 0 amide bonds. The molecule has 1 fully saturated rings. The fourth-order valence-corrected chi connectivity index (χ4v) is 2.21. The van der Waals surface area contributed by atoms with Crippen LogP contribution in [0, 0.1) is 0 Å². The first-order valence-electron chi connectivity index (χ1n) is 5.76. The van der Waals surface area contributed by atoms with E-state index in [2.05, 4.69) is 5.16 Å². The van der Waals surface area contributed by atoms with Gasteiger partial charge in [0, 0.05) is 18.4 Å². The average molecular weight is 233 g/mol. The highest BCUT2D eigenvalue weighted by atomic mass is 16.7. The molecule has 2 heterocycles. The third-order valence-corrected chi connectivity index (χ3v) is 3.28. The van der Waals surface area contributed by atoms with Crippen LogP contribution in [0.2, 0.25) is 0 Å². The lowest BCUT2D eigenvalue weighted by Crippen LogP contribution is -2.55. The maximum Gasteiger partial charge on any atom is 0.228 e. The van der Waals surface area contributed by atoms with Gasteiger partial charge in [-0.05, 0) is 0 Å². The summed E-state index contributed by atoms with van der Waals surface area (Å²) >= 11 is 0. The SMILES string of the molecule is NN1C(c2ccccc2)=NOC12CCOCC2. The van der Waals surface area contributed by atoms with Gasteiger partial charge in [-0.3, -0.25) is 0 Å². The van der Waals surface area contributed by atoms with Crippen LogP contribution in [0.3, 0.4) is 0 Å². The molecule has 5 heteroatoms. The Kier molecular flexibility index (Phi) is 2.49. The zero-order valence-electron chi connectivity index (χ0n) is 9.50. The van der Waals surface area contributed by atoms with Gasteiger partial charge in [0.1, 0.15) is 0 Å². The molecular weight excluding hydrogens is 218 g/mol. The van der Waals surface area contributed by atoms with Crippen molar-refractivity contribution in [2.75, 3.05) is 13.2 Å². The minimum absolute atomic E-state index is 0.510. The lowest BCUT2D eigenvalue weighted by Gasteiger charge is -2.36. The van der Waals surface area contributed by atoms with Crippen LogP contribution in [-0.4, -0.2) is 29.8 Å². The van der Waals surface area contributed by atoms with E-state index in [1.807, 2.05) is 30.3 Å². The highest BCUT2D eigenvalue weighted by Gasteiger charge is 2.46. The predicted octanol–water partition coefficient (Wildman–Crippen LogP) is 1.06. The van der Waals surface area contributed by atoms with Crippen molar-refractivity contribution in [1.82, 2.24) is 5.01 Å². The number of nitrogens with zero attached hydrogens (tertiary/aromatic N) is 2. The third kappa shape index (κ3) is 1.67. The molecule has 1 saturated heterocycles. The van der Waals surface area contributed by atoms with Crippen molar-refractivity contribution >= 4 is 5.84 Å². The van der Waals surface area contributed by atoms with Crippen LogP contribution in [0.25, 0.3) is 0 Å². The maximum atomic E-state index is 6.14. The second-order valence-corrected chi connectivity index (χ2v) is 4.30. The van der Waals surface area contributed by atoms with E-state index in [-0.39, 0.29) is 0 Å². The summed E-state index contributed by atoms with van der Waals surface area (Å²) in [6.45, 7) is 1.32. The van der Waals surface area contributed by atoms with E-state index in [0.717, 1.165) is 18.4 Å². The Balaban J connectivity index is 1.86. The molecule has 0 saturated carbocycles. The second kappa shape index (κ2) is 4.01. The van der Waals surface area contributed by atoms with Gasteiger partial charge >= 0.3 is 0 Å². The standard InChI is InChI=1S/C12H15N3O2/c13-15-11(10-4-2-1-3-5-10)14-17-12(15)6-8-16-9-7-12/h1-5H,6-9,13H2. The van der Waals surface area contributed by atoms with Crippen LogP contribution in [0.4, 0.5) is 0 Å². The van der Waals surface area contributed by atoms with E-state index in [9.17, 15) is 0 Å². The summed E-state index contributed by atoms with van der Waals surface area (Å²) in [6, 6.07) is 9.83. The number of oxime groups is 1. The zero-order valence-corrected chi connectivity index (χ0v) is 9.50. The van der Waals surface area contributed by atoms with E-state index >= 15 is 0 Å². The minimum atomic E-state index is -0.510. The molecule has 17 heavy (non-hydrogen) atoms. The summed E-state index contributed by atoms with van der Waals surface area (Å²) in [5, 5.41) is 5.77. The Labute approximate surface area is 99.8 Å². The molecule has 2 aliphatic heterocycles. The number of amidine groups is 1. The van der Waals surface area contributed by atoms with Crippen LogP contribution < -0.4 is 5.84 Å². The minimum Gasteiger partial charge on any atom is -0.381 e. The second-order valence-electron chi connectivity index (χ2n) is 4.30. The third-order valence-electron chi connectivity index (χ3n) is 3.28. The first kappa shape index (κ1) is 10.6. The number of ether oxygens (including phenoxy) is 1. The van der Waals surface area contributed by atoms with Gasteiger partial charge < -0.3 is 9.57 Å². The molecule has 1 aromatic rings. The van der Waals surface area contributed by atoms with Crippen molar-refractivity contribution < 1.29 is 9.57 Å². The Morgan fingerprint density at radius 1 is 1.18 bits per heavy atom. The average Bonchev–Trinajstić information content (AvgIpc) is 2.70. The van der Waals surface area contributed by atoms with E-state index in [4.69, 9.17) is 15.4 Å². The first-order chi connectivity index (χ1) is 8.32. The van der Waals surface area contributed by atoms with E-state index in [1.54, 1.807) is 5.01 Å². The Hall–Kier alpha value is -1.59. The van der Waals surface area contributed by atoms with Crippen LogP contribution in [0.15, 0.2) is 35.5 Å². The molecule has 1 aromatic carbocycles. The summed E-state index contributed by atoms with van der Waals surface area (Å²) < 4.78 is 5.33. The molecule has 3 rings (SSSR count). The van der Waals surface area contributed by atoms with Crippen LogP contribution in [0.1, 0.15) is 18.4 Å². The van der Waals surface area contributed by atoms with E-state index < -0.39 is 5.72 Å². The number of rotatable bonds is 1. The van der Waals surface area contributed by atoms with Crippen molar-refractivity contribution in [3.8, 4) is 0 Å². The zero-order chi connectivity index (χ0) is 11.7. The summed E-state index contributed by atoms with van der Waals surface area (Å²) in [6.07, 6.45) is 1.48. The largest absolute Gasteiger partial charge is 0.381 e. The van der Waals surface area contributed by atoms with Crippen molar-refractivity contribution in [1.29, 1.82) is 0 Å². The van der Waals surface area contributed by atoms with Gasteiger partial charge in [0.15, 0.2) is 5.84 Å². The highest BCUT2D eigenvalue weighted by molar-refractivity contribution is 5.99. The lowest BCUT2D eigenvalue weighted by atomic mass is 10.0. The van der Waals surface area contributed by atoms with Crippen LogP contribution in [-0.2, 0) is 9.57 Å². The number of benzene rings is 1. The fourth-order valence-electron chi connectivity index (χ4n) is 2.21. The highest BCUT2D eigenvalue weighted by Crippen LogP contribution is 2.33. The van der Waals surface area contributed by atoms with Crippen molar-refractivity contribution in [3.63, 3.8) is 0 Å². The Morgan fingerprint density at radius 2 is 1.88 bits per heavy atom. The maximum absolute atomic E-state index is 6.14. The molecule has 0 unspecified atom stereocenters. The molecule has 2 N–H and O–H groups in total. The van der Waals surface area contributed by atoms with Gasteiger partial charge in [-0.2, -0.15) is 0 Å². The molecule has 0 bridgehead atoms. The molecule has 0 aromatic heterocycles. The number of nitrogens with two attached hydrogens (primary N) is 1. The van der Waals surface area contributed by atoms with Gasteiger partial charge in [-0.15, -0.1) is 0 Å². The topological polar surface area (TPSA) is 60.1 Å². The molecule has 0 atom stereocenters. The van der Waals surface area contributed by atoms with Crippen LogP contribution in [0.5, 0.6) is 0 Å². The monoisotopic (exact) mass is 233 g/mol. The van der Waals surface area contributed by atoms with E-state index in [0.29, 0.717) is 19.0 Å². The van der Waals surface area contributed by atoms with Crippen molar-refractivity contribution in [2.24, 2.45) is 11.0 Å². The van der Waals surface area contributed by atoms with Crippen molar-refractivity contribution in [2.45, 2.75) is 18.6 Å². The molecule has 2 aliphatic rings. The van der Waals surface area contributed by atoms with Crippen LogP contribution >= 0.6 is 0 Å². The number of hydrazine groups is 1. The van der Waals surface area contributed by atoms with Crippen molar-refractivity contribution in [3.05, 3.63) is 35.9 Å². The van der Waals surface area contributed by atoms with E-state index in [1.165, 1.54) is 0 Å². The summed E-state index contributed by atoms with van der Waals surface area (Å²) in [5.41, 5.74) is 0.460. The molecule has 0 aliphatic carbocycles. The smallest absolute Gasteiger partial charge is 0.228 e. The Morgan fingerprint density at radius 3 is 2.59 bits per heavy atom. The van der Waals surface area contributed by atoms with Gasteiger partial charge in [0.2, 0.25) is 5.72 Å². The molecule has 5 nitrogen and oxygen atoms in total. The number of hydrogen-bond donors (Lipinski definition) is 1. The number of hydrogen-bond acceptors (Lipinski definition) is 5. The molecule has 1 spiro atoms. The van der Waals surface area contributed by atoms with Gasteiger partial charge in [0.05, 0.1) is 13.2 Å². The lowest BCUT2D eigenvalue weighted by molar-refractivity contribution is -0.155. The quantitative estimate of drug-likeness (QED) is 0.737. The summed E-state index contributed by atoms with van der Waals surface area (Å²) in [7, 11) is 0. The predicted molar refractivity (Wildman–Crippen MR) is 62.9 cm³/mol. The van der Waals surface area contributed by atoms with Gasteiger partial charge in [-0.1, -0.05) is 35.5 Å². The normalized spacial score (nSPS) is 22.4. The fraction of sp³-hybridized carbons (Fsp3) is 0.417. The summed E-state index contributed by atoms with van der Waals surface area (Å²) in [5.74, 6) is 6.83. The summed E-state index contributed by atoms with van der Waals surface area (Å²) in [4.78, 5) is 5.57. The van der Waals surface area contributed by atoms with Gasteiger partial charge in [0.25, 0.3) is 0 Å². The molecule has 90 valence electrons. The Bertz CT molecular complexity index is 427. The van der Waals surface area contributed by atoms with Gasteiger partial charge in [-0.25, -0.2) is 10.9 Å². The molecule has 0 radical (unpaired) electrons. The first-order valence-corrected chi connectivity index (χ1v) is 5.76.